The van der Waals surface area contributed by atoms with E-state index >= 15 is 0 Å². The maximum absolute atomic E-state index is 6.33. The van der Waals surface area contributed by atoms with Crippen LogP contribution >= 0.6 is 35.0 Å². The summed E-state index contributed by atoms with van der Waals surface area (Å²) in [6.07, 6.45) is 0. The van der Waals surface area contributed by atoms with Gasteiger partial charge in [0, 0.05) is 40.2 Å². The van der Waals surface area contributed by atoms with E-state index in [1.807, 2.05) is 23.9 Å². The summed E-state index contributed by atoms with van der Waals surface area (Å²) in [4.78, 5) is 2.30. The summed E-state index contributed by atoms with van der Waals surface area (Å²) in [5, 5.41) is 1.39. The predicted octanol–water partition coefficient (Wildman–Crippen LogP) is 3.04. The SMILES string of the molecule is CN1CCSCC1C(N)c1cc(Cl)ccc1Cl. The lowest BCUT2D eigenvalue weighted by Crippen LogP contribution is -2.46. The Bertz CT molecular complexity index is 400. The standard InChI is InChI=1S/C12H16Cl2N2S/c1-16-4-5-17-7-11(16)12(15)9-6-8(13)2-3-10(9)14/h2-3,6,11-12H,4-5,7,15H2,1H3. The summed E-state index contributed by atoms with van der Waals surface area (Å²) >= 11 is 14.1. The zero-order valence-corrected chi connectivity index (χ0v) is 12.0. The fourth-order valence-electron chi connectivity index (χ4n) is 2.06. The molecule has 0 saturated carbocycles. The lowest BCUT2D eigenvalue weighted by Gasteiger charge is -2.36. The fraction of sp³-hybridized carbons (Fsp3) is 0.500. The van der Waals surface area contributed by atoms with Gasteiger partial charge in [-0.15, -0.1) is 0 Å². The molecule has 1 aromatic rings. The number of rotatable bonds is 2. The lowest BCUT2D eigenvalue weighted by molar-refractivity contribution is 0.237. The average Bonchev–Trinajstić information content (AvgIpc) is 2.32. The normalized spacial score (nSPS) is 23.6. The Hall–Kier alpha value is 0.0700. The van der Waals surface area contributed by atoms with Crippen LogP contribution in [0, 0.1) is 0 Å². The highest BCUT2D eigenvalue weighted by atomic mass is 35.5. The van der Waals surface area contributed by atoms with Crippen molar-refractivity contribution in [1.82, 2.24) is 4.90 Å². The van der Waals surface area contributed by atoms with Gasteiger partial charge in [-0.05, 0) is 30.8 Å². The fourth-order valence-corrected chi connectivity index (χ4v) is 3.77. The topological polar surface area (TPSA) is 29.3 Å². The molecule has 1 aliphatic rings. The Morgan fingerprint density at radius 1 is 1.47 bits per heavy atom. The molecule has 17 heavy (non-hydrogen) atoms. The van der Waals surface area contributed by atoms with Crippen molar-refractivity contribution < 1.29 is 0 Å². The molecular weight excluding hydrogens is 275 g/mol. The van der Waals surface area contributed by atoms with Gasteiger partial charge in [0.25, 0.3) is 0 Å². The van der Waals surface area contributed by atoms with Gasteiger partial charge in [-0.1, -0.05) is 23.2 Å². The molecule has 0 spiro atoms. The molecule has 2 unspecified atom stereocenters. The van der Waals surface area contributed by atoms with Gasteiger partial charge in [0.1, 0.15) is 0 Å². The molecule has 0 radical (unpaired) electrons. The molecule has 1 aliphatic heterocycles. The molecule has 0 amide bonds. The smallest absolute Gasteiger partial charge is 0.0476 e. The van der Waals surface area contributed by atoms with Crippen LogP contribution in [0.3, 0.4) is 0 Å². The number of likely N-dealkylation sites (N-methyl/N-ethyl adjacent to an activating group) is 1. The third kappa shape index (κ3) is 3.09. The molecule has 2 nitrogen and oxygen atoms in total. The van der Waals surface area contributed by atoms with Gasteiger partial charge in [0.15, 0.2) is 0 Å². The second kappa shape index (κ2) is 5.81. The van der Waals surface area contributed by atoms with E-state index in [-0.39, 0.29) is 6.04 Å². The van der Waals surface area contributed by atoms with E-state index in [1.54, 1.807) is 6.07 Å². The molecule has 2 atom stereocenters. The summed E-state index contributed by atoms with van der Waals surface area (Å²) in [6.45, 7) is 1.07. The zero-order valence-electron chi connectivity index (χ0n) is 9.70. The molecule has 1 fully saturated rings. The van der Waals surface area contributed by atoms with Gasteiger partial charge in [-0.25, -0.2) is 0 Å². The molecule has 1 heterocycles. The number of nitrogens with two attached hydrogens (primary N) is 1. The highest BCUT2D eigenvalue weighted by Crippen LogP contribution is 2.31. The Morgan fingerprint density at radius 3 is 2.94 bits per heavy atom. The molecule has 5 heteroatoms. The van der Waals surface area contributed by atoms with Crippen molar-refractivity contribution in [3.05, 3.63) is 33.8 Å². The summed E-state index contributed by atoms with van der Waals surface area (Å²) < 4.78 is 0. The third-order valence-corrected chi connectivity index (χ3v) is 4.80. The van der Waals surface area contributed by atoms with Gasteiger partial charge in [0.05, 0.1) is 0 Å². The van der Waals surface area contributed by atoms with Crippen molar-refractivity contribution in [2.45, 2.75) is 12.1 Å². The number of thioether (sulfide) groups is 1. The first kappa shape index (κ1) is 13.5. The summed E-state index contributed by atoms with van der Waals surface area (Å²) in [6, 6.07) is 5.72. The van der Waals surface area contributed by atoms with Crippen molar-refractivity contribution in [3.8, 4) is 0 Å². The number of hydrogen-bond acceptors (Lipinski definition) is 3. The molecule has 94 valence electrons. The molecule has 1 saturated heterocycles. The van der Waals surface area contributed by atoms with E-state index in [0.29, 0.717) is 16.1 Å². The van der Waals surface area contributed by atoms with E-state index < -0.39 is 0 Å². The highest BCUT2D eigenvalue weighted by Gasteiger charge is 2.27. The summed E-state index contributed by atoms with van der Waals surface area (Å²) in [7, 11) is 2.11. The maximum atomic E-state index is 6.33. The van der Waals surface area contributed by atoms with Gasteiger partial charge in [-0.3, -0.25) is 4.90 Å². The number of halogens is 2. The minimum absolute atomic E-state index is 0.0843. The van der Waals surface area contributed by atoms with Gasteiger partial charge in [0.2, 0.25) is 0 Å². The van der Waals surface area contributed by atoms with Crippen LogP contribution in [-0.2, 0) is 0 Å². The second-order valence-electron chi connectivity index (χ2n) is 4.31. The number of hydrogen-bond donors (Lipinski definition) is 1. The summed E-state index contributed by atoms with van der Waals surface area (Å²) in [5.74, 6) is 2.21. The number of benzene rings is 1. The van der Waals surface area contributed by atoms with Crippen LogP contribution in [-0.4, -0.2) is 36.0 Å². The van der Waals surface area contributed by atoms with Gasteiger partial charge in [-0.2, -0.15) is 11.8 Å². The van der Waals surface area contributed by atoms with Crippen molar-refractivity contribution >= 4 is 35.0 Å². The van der Waals surface area contributed by atoms with E-state index in [0.717, 1.165) is 17.9 Å². The van der Waals surface area contributed by atoms with Crippen molar-refractivity contribution in [2.24, 2.45) is 5.73 Å². The minimum Gasteiger partial charge on any atom is -0.323 e. The van der Waals surface area contributed by atoms with E-state index in [9.17, 15) is 0 Å². The molecule has 2 rings (SSSR count). The molecule has 0 aliphatic carbocycles. The van der Waals surface area contributed by atoms with Crippen LogP contribution in [0.15, 0.2) is 18.2 Å². The Morgan fingerprint density at radius 2 is 2.24 bits per heavy atom. The minimum atomic E-state index is -0.0843. The Labute approximate surface area is 116 Å². The average molecular weight is 291 g/mol. The van der Waals surface area contributed by atoms with Gasteiger partial charge < -0.3 is 5.73 Å². The van der Waals surface area contributed by atoms with Crippen molar-refractivity contribution in [2.75, 3.05) is 25.1 Å². The molecule has 0 bridgehead atoms. The second-order valence-corrected chi connectivity index (χ2v) is 6.31. The van der Waals surface area contributed by atoms with Crippen LogP contribution < -0.4 is 5.73 Å². The van der Waals surface area contributed by atoms with E-state index in [2.05, 4.69) is 11.9 Å². The molecule has 0 aromatic heterocycles. The quantitative estimate of drug-likeness (QED) is 0.908. The Balaban J connectivity index is 2.23. The molecular formula is C12H16Cl2N2S. The van der Waals surface area contributed by atoms with Crippen LogP contribution in [0.5, 0.6) is 0 Å². The first-order valence-electron chi connectivity index (χ1n) is 5.58. The predicted molar refractivity (Wildman–Crippen MR) is 77.1 cm³/mol. The zero-order chi connectivity index (χ0) is 12.4. The van der Waals surface area contributed by atoms with E-state index in [4.69, 9.17) is 28.9 Å². The number of nitrogens with zero attached hydrogens (tertiary/aromatic N) is 1. The summed E-state index contributed by atoms with van der Waals surface area (Å²) in [5.41, 5.74) is 7.27. The van der Waals surface area contributed by atoms with Crippen molar-refractivity contribution in [1.29, 1.82) is 0 Å². The first-order chi connectivity index (χ1) is 8.09. The first-order valence-corrected chi connectivity index (χ1v) is 7.49. The van der Waals surface area contributed by atoms with Crippen LogP contribution in [0.1, 0.15) is 11.6 Å². The largest absolute Gasteiger partial charge is 0.323 e. The highest BCUT2D eigenvalue weighted by molar-refractivity contribution is 7.99. The van der Waals surface area contributed by atoms with Crippen LogP contribution in [0.4, 0.5) is 0 Å². The van der Waals surface area contributed by atoms with Crippen LogP contribution in [0.25, 0.3) is 0 Å². The van der Waals surface area contributed by atoms with Crippen molar-refractivity contribution in [3.63, 3.8) is 0 Å². The monoisotopic (exact) mass is 290 g/mol. The molecule has 2 N–H and O–H groups in total. The molecule has 1 aromatic carbocycles. The lowest BCUT2D eigenvalue weighted by atomic mass is 10.00. The van der Waals surface area contributed by atoms with E-state index in [1.165, 1.54) is 5.75 Å². The third-order valence-electron chi connectivity index (χ3n) is 3.17. The maximum Gasteiger partial charge on any atom is 0.0476 e. The Kier molecular flexibility index (Phi) is 4.61. The van der Waals surface area contributed by atoms with Crippen LogP contribution in [0.2, 0.25) is 10.0 Å². The van der Waals surface area contributed by atoms with Gasteiger partial charge >= 0.3 is 0 Å².